The molecule has 0 spiro atoms. The lowest BCUT2D eigenvalue weighted by Gasteiger charge is -2.25. The average molecular weight is 247 g/mol. The van der Waals surface area contributed by atoms with Gasteiger partial charge in [0.1, 0.15) is 0 Å². The molecule has 1 aliphatic rings. The van der Waals surface area contributed by atoms with Crippen molar-refractivity contribution in [1.29, 1.82) is 0 Å². The Balaban J connectivity index is 2.19. The van der Waals surface area contributed by atoms with Crippen molar-refractivity contribution in [3.63, 3.8) is 0 Å². The van der Waals surface area contributed by atoms with Crippen LogP contribution in [0.3, 0.4) is 0 Å². The fourth-order valence-corrected chi connectivity index (χ4v) is 2.16. The monoisotopic (exact) mass is 247 g/mol. The zero-order valence-electron chi connectivity index (χ0n) is 10.8. The molecule has 5 heteroatoms. The van der Waals surface area contributed by atoms with Crippen LogP contribution in [0.1, 0.15) is 48.6 Å². The number of nitrogens with one attached hydrogen (secondary N) is 2. The highest BCUT2D eigenvalue weighted by Crippen LogP contribution is 2.29. The van der Waals surface area contributed by atoms with Crippen LogP contribution >= 0.6 is 0 Å². The van der Waals surface area contributed by atoms with E-state index in [0.717, 1.165) is 11.3 Å². The Bertz CT molecular complexity index is 510. The number of aromatic amines is 1. The lowest BCUT2D eigenvalue weighted by molar-refractivity contribution is -0.00697. The highest BCUT2D eigenvalue weighted by molar-refractivity contribution is 5.94. The van der Waals surface area contributed by atoms with Crippen molar-refractivity contribution in [2.24, 2.45) is 0 Å². The Labute approximate surface area is 106 Å². The number of nitrogens with zero attached hydrogens (tertiary/aromatic N) is 1. The molecule has 0 fully saturated rings. The van der Waals surface area contributed by atoms with Crippen molar-refractivity contribution in [3.05, 3.63) is 17.0 Å². The van der Waals surface area contributed by atoms with E-state index in [0.29, 0.717) is 18.7 Å². The number of fused-ring (bicyclic) bond motifs is 1. The molecule has 2 heterocycles. The second-order valence-electron chi connectivity index (χ2n) is 4.37. The molecule has 96 valence electrons. The number of ether oxygens (including phenoxy) is 1. The van der Waals surface area contributed by atoms with Crippen molar-refractivity contribution >= 4 is 5.91 Å². The first-order valence-electron chi connectivity index (χ1n) is 6.04. The van der Waals surface area contributed by atoms with E-state index in [4.69, 9.17) is 4.74 Å². The van der Waals surface area contributed by atoms with E-state index in [2.05, 4.69) is 27.4 Å². The highest BCUT2D eigenvalue weighted by Gasteiger charge is 2.29. The molecule has 0 saturated carbocycles. The zero-order valence-corrected chi connectivity index (χ0v) is 10.8. The zero-order chi connectivity index (χ0) is 13.1. The van der Waals surface area contributed by atoms with Crippen molar-refractivity contribution in [2.45, 2.75) is 39.4 Å². The van der Waals surface area contributed by atoms with E-state index in [-0.39, 0.29) is 18.1 Å². The number of hydrogen-bond acceptors (Lipinski definition) is 3. The van der Waals surface area contributed by atoms with Gasteiger partial charge in [0, 0.05) is 12.0 Å². The van der Waals surface area contributed by atoms with Crippen LogP contribution in [0.5, 0.6) is 0 Å². The summed E-state index contributed by atoms with van der Waals surface area (Å²) in [5.74, 6) is 5.34. The highest BCUT2D eigenvalue weighted by atomic mass is 16.5. The molecule has 0 saturated heterocycles. The summed E-state index contributed by atoms with van der Waals surface area (Å²) in [4.78, 5) is 12.0. The predicted molar refractivity (Wildman–Crippen MR) is 67.0 cm³/mol. The van der Waals surface area contributed by atoms with Crippen LogP contribution in [0.25, 0.3) is 0 Å². The number of H-pyrrole nitrogens is 1. The number of carbonyl (C=O) groups excluding carboxylic acids is 1. The molecule has 0 unspecified atom stereocenters. The standard InChI is InChI=1S/C13H17N3O2/c1-4-5-6-14-13(17)12-10-7-8(2)18-9(3)11(10)15-16-12/h8-9H,6-7H2,1-3H3,(H,14,17)(H,15,16)/t8-,9+/m0/s1. The average Bonchev–Trinajstić information content (AvgIpc) is 2.73. The number of rotatable bonds is 2. The lowest BCUT2D eigenvalue weighted by Crippen LogP contribution is -2.27. The third-order valence-corrected chi connectivity index (χ3v) is 2.96. The van der Waals surface area contributed by atoms with Crippen molar-refractivity contribution in [1.82, 2.24) is 15.5 Å². The van der Waals surface area contributed by atoms with Crippen LogP contribution in [0.4, 0.5) is 0 Å². The summed E-state index contributed by atoms with van der Waals surface area (Å²) in [5.41, 5.74) is 2.33. The van der Waals surface area contributed by atoms with Crippen LogP contribution in [0.2, 0.25) is 0 Å². The minimum absolute atomic E-state index is 0.0479. The van der Waals surface area contributed by atoms with Gasteiger partial charge >= 0.3 is 0 Å². The molecule has 1 aliphatic heterocycles. The molecule has 18 heavy (non-hydrogen) atoms. The molecule has 0 radical (unpaired) electrons. The van der Waals surface area contributed by atoms with E-state index in [1.165, 1.54) is 0 Å². The summed E-state index contributed by atoms with van der Waals surface area (Å²) in [7, 11) is 0. The number of hydrogen-bond donors (Lipinski definition) is 2. The molecule has 0 aromatic carbocycles. The second-order valence-corrected chi connectivity index (χ2v) is 4.37. The van der Waals surface area contributed by atoms with Crippen molar-refractivity contribution in [3.8, 4) is 11.8 Å². The fourth-order valence-electron chi connectivity index (χ4n) is 2.16. The summed E-state index contributed by atoms with van der Waals surface area (Å²) in [6.07, 6.45) is 0.763. The van der Waals surface area contributed by atoms with Gasteiger partial charge in [-0.3, -0.25) is 9.89 Å². The lowest BCUT2D eigenvalue weighted by atomic mass is 9.99. The predicted octanol–water partition coefficient (Wildman–Crippen LogP) is 1.18. The van der Waals surface area contributed by atoms with E-state index < -0.39 is 0 Å². The van der Waals surface area contributed by atoms with Crippen molar-refractivity contribution < 1.29 is 9.53 Å². The summed E-state index contributed by atoms with van der Waals surface area (Å²) >= 11 is 0. The summed E-state index contributed by atoms with van der Waals surface area (Å²) in [5, 5.41) is 9.72. The number of carbonyl (C=O) groups is 1. The largest absolute Gasteiger partial charge is 0.369 e. The molecule has 2 N–H and O–H groups in total. The molecule has 0 aliphatic carbocycles. The van der Waals surface area contributed by atoms with Gasteiger partial charge in [-0.1, -0.05) is 5.92 Å². The van der Waals surface area contributed by atoms with E-state index in [1.807, 2.05) is 13.8 Å². The molecule has 5 nitrogen and oxygen atoms in total. The van der Waals surface area contributed by atoms with Gasteiger partial charge in [0.2, 0.25) is 0 Å². The first-order valence-corrected chi connectivity index (χ1v) is 6.04. The van der Waals surface area contributed by atoms with Crippen LogP contribution in [-0.4, -0.2) is 28.8 Å². The van der Waals surface area contributed by atoms with Gasteiger partial charge in [0.05, 0.1) is 24.4 Å². The van der Waals surface area contributed by atoms with Gasteiger partial charge in [-0.2, -0.15) is 5.10 Å². The maximum atomic E-state index is 12.0. The molecule has 1 aromatic rings. The molecule has 2 atom stereocenters. The topological polar surface area (TPSA) is 67.0 Å². The van der Waals surface area contributed by atoms with Gasteiger partial charge in [0.15, 0.2) is 5.69 Å². The Kier molecular flexibility index (Phi) is 3.68. The first-order chi connectivity index (χ1) is 8.63. The minimum Gasteiger partial charge on any atom is -0.369 e. The van der Waals surface area contributed by atoms with Crippen LogP contribution in [0.15, 0.2) is 0 Å². The molecular formula is C13H17N3O2. The third-order valence-electron chi connectivity index (χ3n) is 2.96. The Morgan fingerprint density at radius 2 is 2.39 bits per heavy atom. The van der Waals surface area contributed by atoms with Crippen LogP contribution in [-0.2, 0) is 11.2 Å². The van der Waals surface area contributed by atoms with Crippen LogP contribution < -0.4 is 5.32 Å². The SMILES string of the molecule is CC#CCNC(=O)c1n[nH]c2c1C[C@H](C)O[C@@H]2C. The second kappa shape index (κ2) is 5.23. The van der Waals surface area contributed by atoms with Crippen molar-refractivity contribution in [2.75, 3.05) is 6.54 Å². The van der Waals surface area contributed by atoms with E-state index in [1.54, 1.807) is 6.92 Å². The summed E-state index contributed by atoms with van der Waals surface area (Å²) < 4.78 is 5.68. The number of aromatic nitrogens is 2. The van der Waals surface area contributed by atoms with E-state index in [9.17, 15) is 4.79 Å². The van der Waals surface area contributed by atoms with Gasteiger partial charge < -0.3 is 10.1 Å². The maximum Gasteiger partial charge on any atom is 0.272 e. The first kappa shape index (κ1) is 12.7. The smallest absolute Gasteiger partial charge is 0.272 e. The van der Waals surface area contributed by atoms with Gasteiger partial charge in [-0.25, -0.2) is 0 Å². The van der Waals surface area contributed by atoms with Gasteiger partial charge in [-0.05, 0) is 20.8 Å². The fraction of sp³-hybridized carbons (Fsp3) is 0.538. The molecule has 2 rings (SSSR count). The summed E-state index contributed by atoms with van der Waals surface area (Å²) in [6.45, 7) is 6.04. The Morgan fingerprint density at radius 3 is 3.11 bits per heavy atom. The quantitative estimate of drug-likeness (QED) is 0.771. The Morgan fingerprint density at radius 1 is 1.61 bits per heavy atom. The minimum atomic E-state index is -0.184. The number of amides is 1. The normalized spacial score (nSPS) is 21.7. The molecular weight excluding hydrogens is 230 g/mol. The summed E-state index contributed by atoms with van der Waals surface area (Å²) in [6, 6.07) is 0. The van der Waals surface area contributed by atoms with Gasteiger partial charge in [0.25, 0.3) is 5.91 Å². The maximum absolute atomic E-state index is 12.0. The van der Waals surface area contributed by atoms with E-state index >= 15 is 0 Å². The third kappa shape index (κ3) is 2.39. The van der Waals surface area contributed by atoms with Gasteiger partial charge in [-0.15, -0.1) is 5.92 Å². The Hall–Kier alpha value is -1.80. The molecule has 0 bridgehead atoms. The van der Waals surface area contributed by atoms with Crippen LogP contribution in [0, 0.1) is 11.8 Å². The molecule has 1 aromatic heterocycles. The molecule has 1 amide bonds.